The number of carbonyl (C=O) groups excluding carboxylic acids is 1. The number of hydrogen-bond acceptors (Lipinski definition) is 7. The number of amides is 1. The van der Waals surface area contributed by atoms with E-state index in [4.69, 9.17) is 5.11 Å². The number of H-pyrrole nitrogens is 1. The molecule has 1 amide bonds. The Hall–Kier alpha value is -4.54. The summed E-state index contributed by atoms with van der Waals surface area (Å²) in [6.07, 6.45) is 6.08. The fourth-order valence-electron chi connectivity index (χ4n) is 5.03. The van der Waals surface area contributed by atoms with Crippen LogP contribution >= 0.6 is 0 Å². The molecular formula is C26H27N7O4. The highest BCUT2D eigenvalue weighted by molar-refractivity contribution is 5.92. The summed E-state index contributed by atoms with van der Waals surface area (Å²) in [6, 6.07) is 12.5. The lowest BCUT2D eigenvalue weighted by molar-refractivity contribution is -0.139. The van der Waals surface area contributed by atoms with Crippen molar-refractivity contribution in [3.05, 3.63) is 76.7 Å². The summed E-state index contributed by atoms with van der Waals surface area (Å²) >= 11 is 0. The monoisotopic (exact) mass is 501 g/mol. The van der Waals surface area contributed by atoms with Crippen molar-refractivity contribution in [2.75, 3.05) is 22.9 Å². The van der Waals surface area contributed by atoms with Crippen LogP contribution < -0.4 is 15.5 Å². The van der Waals surface area contributed by atoms with Crippen LogP contribution in [-0.2, 0) is 16.0 Å². The van der Waals surface area contributed by atoms with Crippen molar-refractivity contribution in [3.63, 3.8) is 0 Å². The van der Waals surface area contributed by atoms with Gasteiger partial charge in [0.2, 0.25) is 6.41 Å². The molecule has 2 aliphatic rings. The van der Waals surface area contributed by atoms with Crippen LogP contribution in [0.1, 0.15) is 30.1 Å². The molecule has 1 unspecified atom stereocenters. The standard InChI is InChI=1S/C16H18N6O.C10H9NO3/c1-11-9-14(19-10-18-11)21-7-4-12(5-8-21)22-13-3-2-6-17-15(13)20-16(22)23;12-6-11-8-4-2-1-3-7(8)5-9(11)10(13)14/h2-3,6,9-10,12H,4-5,7-8H2,1H3,(H,17,20,23);1-4,6,9H,5H2,(H,13,14). The molecule has 1 aromatic carbocycles. The van der Waals surface area contributed by atoms with Gasteiger partial charge in [-0.2, -0.15) is 0 Å². The summed E-state index contributed by atoms with van der Waals surface area (Å²) in [5.41, 5.74) is 4.05. The molecule has 11 heteroatoms. The van der Waals surface area contributed by atoms with Crippen molar-refractivity contribution >= 4 is 35.0 Å². The maximum atomic E-state index is 12.3. The molecule has 4 aromatic rings. The average molecular weight is 502 g/mol. The van der Waals surface area contributed by atoms with Crippen LogP contribution in [0.15, 0.2) is 59.8 Å². The molecule has 1 saturated heterocycles. The Bertz CT molecular complexity index is 1490. The number of carbonyl (C=O) groups is 2. The minimum Gasteiger partial charge on any atom is -0.480 e. The summed E-state index contributed by atoms with van der Waals surface area (Å²) in [4.78, 5) is 52.9. The van der Waals surface area contributed by atoms with E-state index in [-0.39, 0.29) is 11.7 Å². The van der Waals surface area contributed by atoms with E-state index in [2.05, 4.69) is 24.8 Å². The molecule has 6 rings (SSSR count). The van der Waals surface area contributed by atoms with E-state index in [9.17, 15) is 14.4 Å². The number of rotatable bonds is 4. The zero-order valence-corrected chi connectivity index (χ0v) is 20.3. The Kier molecular flexibility index (Phi) is 6.67. The normalized spacial score (nSPS) is 17.3. The van der Waals surface area contributed by atoms with Crippen LogP contribution in [0.25, 0.3) is 11.2 Å². The topological polar surface area (TPSA) is 137 Å². The smallest absolute Gasteiger partial charge is 0.327 e. The van der Waals surface area contributed by atoms with Crippen LogP contribution in [0, 0.1) is 6.92 Å². The van der Waals surface area contributed by atoms with Gasteiger partial charge in [0.1, 0.15) is 18.2 Å². The number of aromatic nitrogens is 5. The van der Waals surface area contributed by atoms with Gasteiger partial charge >= 0.3 is 11.7 Å². The number of fused-ring (bicyclic) bond motifs is 2. The Balaban J connectivity index is 0.000000171. The maximum Gasteiger partial charge on any atom is 0.327 e. The highest BCUT2D eigenvalue weighted by atomic mass is 16.4. The van der Waals surface area contributed by atoms with Gasteiger partial charge in [0, 0.05) is 49.2 Å². The van der Waals surface area contributed by atoms with Gasteiger partial charge in [0.15, 0.2) is 5.65 Å². The lowest BCUT2D eigenvalue weighted by atomic mass is 10.0. The van der Waals surface area contributed by atoms with E-state index in [0.717, 1.165) is 48.5 Å². The first-order valence-electron chi connectivity index (χ1n) is 12.1. The maximum absolute atomic E-state index is 12.3. The number of aromatic amines is 1. The van der Waals surface area contributed by atoms with Crippen LogP contribution in [0.2, 0.25) is 0 Å². The number of aliphatic carboxylic acids is 1. The summed E-state index contributed by atoms with van der Waals surface area (Å²) in [6.45, 7) is 3.72. The number of carboxylic acids is 1. The van der Waals surface area contributed by atoms with Crippen LogP contribution in [0.4, 0.5) is 11.5 Å². The number of carboxylic acid groups (broad SMARTS) is 1. The van der Waals surface area contributed by atoms with E-state index < -0.39 is 12.0 Å². The van der Waals surface area contributed by atoms with Gasteiger partial charge in [-0.25, -0.2) is 24.5 Å². The van der Waals surface area contributed by atoms with Crippen molar-refractivity contribution in [1.82, 2.24) is 24.5 Å². The predicted octanol–water partition coefficient (Wildman–Crippen LogP) is 2.32. The van der Waals surface area contributed by atoms with Crippen LogP contribution in [0.5, 0.6) is 0 Å². The summed E-state index contributed by atoms with van der Waals surface area (Å²) in [7, 11) is 0. The fourth-order valence-corrected chi connectivity index (χ4v) is 5.03. The molecule has 2 aliphatic heterocycles. The van der Waals surface area contributed by atoms with Gasteiger partial charge in [0.05, 0.1) is 5.52 Å². The molecule has 37 heavy (non-hydrogen) atoms. The Morgan fingerprint density at radius 3 is 2.62 bits per heavy atom. The lowest BCUT2D eigenvalue weighted by Crippen LogP contribution is -2.37. The number of imidazole rings is 1. The number of hydrogen-bond donors (Lipinski definition) is 2. The molecule has 0 spiro atoms. The largest absolute Gasteiger partial charge is 0.480 e. The van der Waals surface area contributed by atoms with Crippen molar-refractivity contribution in [3.8, 4) is 0 Å². The molecule has 0 saturated carbocycles. The van der Waals surface area contributed by atoms with Gasteiger partial charge in [-0.05, 0) is 43.5 Å². The summed E-state index contributed by atoms with van der Waals surface area (Å²) in [5.74, 6) is -0.00260. The molecular weight excluding hydrogens is 474 g/mol. The first kappa shape index (κ1) is 24.2. The first-order chi connectivity index (χ1) is 18.0. The number of benzene rings is 1. The van der Waals surface area contributed by atoms with Crippen molar-refractivity contribution < 1.29 is 14.7 Å². The van der Waals surface area contributed by atoms with Gasteiger partial charge in [-0.15, -0.1) is 0 Å². The van der Waals surface area contributed by atoms with Gasteiger partial charge in [-0.1, -0.05) is 18.2 Å². The average Bonchev–Trinajstić information content (AvgIpc) is 3.46. The third kappa shape index (κ3) is 4.80. The molecule has 1 fully saturated rings. The Labute approximate surface area is 212 Å². The Morgan fingerprint density at radius 2 is 1.89 bits per heavy atom. The highest BCUT2D eigenvalue weighted by Crippen LogP contribution is 2.30. The number of nitrogens with zero attached hydrogens (tertiary/aromatic N) is 6. The summed E-state index contributed by atoms with van der Waals surface area (Å²) in [5, 5.41) is 8.89. The zero-order valence-electron chi connectivity index (χ0n) is 20.3. The van der Waals surface area contributed by atoms with E-state index in [0.29, 0.717) is 24.2 Å². The van der Waals surface area contributed by atoms with Gasteiger partial charge in [0.25, 0.3) is 0 Å². The van der Waals surface area contributed by atoms with Crippen molar-refractivity contribution in [1.29, 1.82) is 0 Å². The van der Waals surface area contributed by atoms with Crippen molar-refractivity contribution in [2.45, 2.75) is 38.3 Å². The van der Waals surface area contributed by atoms with E-state index in [1.165, 1.54) is 4.90 Å². The molecule has 190 valence electrons. The Morgan fingerprint density at radius 1 is 1.11 bits per heavy atom. The molecule has 3 aromatic heterocycles. The minimum atomic E-state index is -0.965. The number of para-hydroxylation sites is 1. The molecule has 1 atom stereocenters. The molecule has 0 bridgehead atoms. The minimum absolute atomic E-state index is 0.0740. The number of nitrogens with one attached hydrogen (secondary N) is 1. The summed E-state index contributed by atoms with van der Waals surface area (Å²) < 4.78 is 1.85. The van der Waals surface area contributed by atoms with E-state index in [1.807, 2.05) is 41.8 Å². The van der Waals surface area contributed by atoms with E-state index >= 15 is 0 Å². The second-order valence-electron chi connectivity index (χ2n) is 9.11. The molecule has 11 nitrogen and oxygen atoms in total. The molecule has 5 heterocycles. The van der Waals surface area contributed by atoms with Crippen LogP contribution in [0.3, 0.4) is 0 Å². The number of pyridine rings is 1. The van der Waals surface area contributed by atoms with Crippen LogP contribution in [-0.4, -0.2) is 61.1 Å². The lowest BCUT2D eigenvalue weighted by Gasteiger charge is -2.33. The second-order valence-corrected chi connectivity index (χ2v) is 9.11. The molecule has 0 aliphatic carbocycles. The van der Waals surface area contributed by atoms with Gasteiger partial charge < -0.3 is 14.9 Å². The SMILES string of the molecule is Cc1cc(N2CCC(n3c(=O)[nH]c4ncccc43)CC2)ncn1.O=CN1c2ccccc2CC1C(=O)O. The fraction of sp³-hybridized carbons (Fsp3) is 0.308. The number of piperidine rings is 1. The third-order valence-corrected chi connectivity index (χ3v) is 6.85. The zero-order chi connectivity index (χ0) is 25.9. The highest BCUT2D eigenvalue weighted by Gasteiger charge is 2.33. The van der Waals surface area contributed by atoms with Gasteiger partial charge in [-0.3, -0.25) is 14.3 Å². The third-order valence-electron chi connectivity index (χ3n) is 6.85. The predicted molar refractivity (Wildman–Crippen MR) is 138 cm³/mol. The van der Waals surface area contributed by atoms with Crippen molar-refractivity contribution in [2.24, 2.45) is 0 Å². The molecule has 2 N–H and O–H groups in total. The number of aryl methyl sites for hydroxylation is 1. The quantitative estimate of drug-likeness (QED) is 0.407. The molecule has 0 radical (unpaired) electrons. The van der Waals surface area contributed by atoms with E-state index in [1.54, 1.807) is 24.7 Å². The second kappa shape index (κ2) is 10.2. The first-order valence-corrected chi connectivity index (χ1v) is 12.1. The number of anilines is 2.